The van der Waals surface area contributed by atoms with Gasteiger partial charge in [0.15, 0.2) is 11.5 Å². The normalized spacial score (nSPS) is 15.7. The van der Waals surface area contributed by atoms with Gasteiger partial charge < -0.3 is 53.8 Å². The number of alkyl halides is 3. The van der Waals surface area contributed by atoms with Crippen LogP contribution in [0.15, 0.2) is 54.9 Å². The van der Waals surface area contributed by atoms with Crippen molar-refractivity contribution in [2.75, 3.05) is 130 Å². The second-order valence-corrected chi connectivity index (χ2v) is 17.6. The molecular weight excluding hydrogens is 1050 g/mol. The molecule has 4 N–H and O–H groups in total. The molecule has 77 heavy (non-hydrogen) atoms. The first kappa shape index (κ1) is 59.4. The number of anilines is 3. The zero-order chi connectivity index (χ0) is 55.3. The van der Waals surface area contributed by atoms with E-state index in [9.17, 15) is 41.5 Å². The average Bonchev–Trinajstić information content (AvgIpc) is 3.66. The lowest BCUT2D eigenvalue weighted by molar-refractivity contribution is -0.192. The maximum absolute atomic E-state index is 13.7. The molecule has 0 spiro atoms. The Hall–Kier alpha value is -6.81. The molecule has 1 unspecified atom stereocenters. The summed E-state index contributed by atoms with van der Waals surface area (Å²) in [5, 5.41) is 16.4. The van der Waals surface area contributed by atoms with Crippen LogP contribution in [0.3, 0.4) is 0 Å². The van der Waals surface area contributed by atoms with E-state index in [1.54, 1.807) is 37.4 Å². The number of piperazine rings is 1. The molecule has 1 atom stereocenters. The fourth-order valence-corrected chi connectivity index (χ4v) is 8.17. The third kappa shape index (κ3) is 17.9. The summed E-state index contributed by atoms with van der Waals surface area (Å²) in [6, 6.07) is 11.8. The first-order valence-electron chi connectivity index (χ1n) is 24.5. The summed E-state index contributed by atoms with van der Waals surface area (Å²) in [5.41, 5.74) is 2.29. The number of carboxylic acid groups (broad SMARTS) is 1. The van der Waals surface area contributed by atoms with E-state index in [1.807, 2.05) is 11.0 Å². The molecule has 0 aliphatic carbocycles. The Bertz CT molecular complexity index is 2680. The maximum Gasteiger partial charge on any atom is 0.490 e. The molecule has 1 aromatic heterocycles. The number of imide groups is 2. The number of halogens is 5. The largest absolute Gasteiger partial charge is 0.493 e. The van der Waals surface area contributed by atoms with E-state index in [1.165, 1.54) is 18.5 Å². The van der Waals surface area contributed by atoms with E-state index in [-0.39, 0.29) is 34.9 Å². The molecule has 2 saturated heterocycles. The van der Waals surface area contributed by atoms with Crippen LogP contribution < -0.4 is 25.4 Å². The molecule has 22 nitrogen and oxygen atoms in total. The zero-order valence-electron chi connectivity index (χ0n) is 42.0. The molecule has 5 amide bonds. The molecule has 3 aliphatic heterocycles. The lowest BCUT2D eigenvalue weighted by atomic mass is 10.0. The van der Waals surface area contributed by atoms with Crippen LogP contribution >= 0.6 is 11.6 Å². The maximum atomic E-state index is 13.7. The van der Waals surface area contributed by atoms with Gasteiger partial charge in [-0.3, -0.25) is 39.1 Å². The fraction of sp³-hybridized carbons (Fsp3) is 0.480. The number of methoxy groups -OCH3 is 1. The van der Waals surface area contributed by atoms with Crippen LogP contribution in [0.5, 0.6) is 11.5 Å². The van der Waals surface area contributed by atoms with Crippen LogP contribution in [0.2, 0.25) is 5.02 Å². The Morgan fingerprint density at radius 1 is 0.779 bits per heavy atom. The minimum Gasteiger partial charge on any atom is -0.493 e. The van der Waals surface area contributed by atoms with Crippen molar-refractivity contribution >= 4 is 75.2 Å². The van der Waals surface area contributed by atoms with Gasteiger partial charge in [-0.1, -0.05) is 11.6 Å². The first-order chi connectivity index (χ1) is 37.0. The average molecular weight is 1110 g/mol. The van der Waals surface area contributed by atoms with Crippen molar-refractivity contribution in [2.24, 2.45) is 0 Å². The molecule has 2 fully saturated rings. The number of hydrogen-bond acceptors (Lipinski definition) is 18. The standard InChI is InChI=1S/C48H58ClFN8O12.C2HF3O2/c1-64-41-30-39-36(45(53-31-52-39)54-33-4-6-38(50)37(49)28-33)29-42(41)70-16-2-11-56-12-14-57(15-13-56)44(60)9-17-65-19-21-67-23-25-69-26-24-68-22-20-66-18-10-51-32-3-5-34-35(27-32)48(63)58(47(34)62)40-7-8-43(59)55-46(40)61;3-2(4,5)1(6)7/h3-6,27-31,40,51H,2,7-26H2,1H3,(H,52,53,54)(H,55,59,61);(H,6,7). The van der Waals surface area contributed by atoms with Crippen molar-refractivity contribution in [3.05, 3.63) is 76.8 Å². The Kier molecular flexibility index (Phi) is 22.9. The number of benzene rings is 3. The van der Waals surface area contributed by atoms with E-state index >= 15 is 0 Å². The van der Waals surface area contributed by atoms with Crippen LogP contribution in [-0.4, -0.2) is 197 Å². The molecule has 4 aromatic rings. The molecule has 4 heterocycles. The number of rotatable bonds is 28. The van der Waals surface area contributed by atoms with Gasteiger partial charge in [0, 0.05) is 68.5 Å². The Morgan fingerprint density at radius 3 is 2.03 bits per heavy atom. The van der Waals surface area contributed by atoms with Crippen molar-refractivity contribution in [1.82, 2.24) is 30.0 Å². The van der Waals surface area contributed by atoms with Gasteiger partial charge in [-0.25, -0.2) is 19.2 Å². The van der Waals surface area contributed by atoms with Crippen LogP contribution in [0.4, 0.5) is 34.8 Å². The monoisotopic (exact) mass is 1110 g/mol. The number of carbonyl (C=O) groups excluding carboxylic acids is 5. The van der Waals surface area contributed by atoms with Gasteiger partial charge in [-0.2, -0.15) is 13.2 Å². The Labute approximate surface area is 444 Å². The minimum atomic E-state index is -5.08. The molecule has 3 aromatic carbocycles. The number of fused-ring (bicyclic) bond motifs is 2. The van der Waals surface area contributed by atoms with Crippen molar-refractivity contribution in [3.8, 4) is 11.5 Å². The Balaban J connectivity index is 0.00000128. The van der Waals surface area contributed by atoms with Crippen molar-refractivity contribution in [1.29, 1.82) is 0 Å². The molecule has 27 heteroatoms. The van der Waals surface area contributed by atoms with Gasteiger partial charge in [0.2, 0.25) is 17.7 Å². The Morgan fingerprint density at radius 2 is 1.40 bits per heavy atom. The molecule has 7 rings (SSSR count). The first-order valence-corrected chi connectivity index (χ1v) is 24.9. The number of aromatic nitrogens is 2. The third-order valence-corrected chi connectivity index (χ3v) is 12.2. The second-order valence-electron chi connectivity index (χ2n) is 17.2. The fourth-order valence-electron chi connectivity index (χ4n) is 7.99. The predicted octanol–water partition coefficient (Wildman–Crippen LogP) is 4.71. The topological polar surface area (TPSA) is 259 Å². The molecule has 418 valence electrons. The lowest BCUT2D eigenvalue weighted by Gasteiger charge is -2.34. The van der Waals surface area contributed by atoms with Gasteiger partial charge in [0.25, 0.3) is 11.8 Å². The number of amides is 5. The van der Waals surface area contributed by atoms with Gasteiger partial charge in [-0.05, 0) is 55.3 Å². The number of carboxylic acids is 1. The number of ether oxygens (including phenoxy) is 7. The number of nitrogens with zero attached hydrogens (tertiary/aromatic N) is 5. The summed E-state index contributed by atoms with van der Waals surface area (Å²) in [6.45, 7) is 8.44. The quantitative estimate of drug-likeness (QED) is 0.0341. The van der Waals surface area contributed by atoms with Crippen molar-refractivity contribution in [3.63, 3.8) is 0 Å². The summed E-state index contributed by atoms with van der Waals surface area (Å²) < 4.78 is 85.1. The summed E-state index contributed by atoms with van der Waals surface area (Å²) in [5.74, 6) is -3.76. The number of piperidine rings is 1. The van der Waals surface area contributed by atoms with Gasteiger partial charge in [-0.15, -0.1) is 0 Å². The highest BCUT2D eigenvalue weighted by atomic mass is 35.5. The van der Waals surface area contributed by atoms with Crippen LogP contribution in [0.25, 0.3) is 10.9 Å². The number of nitrogens with one attached hydrogen (secondary N) is 3. The van der Waals surface area contributed by atoms with E-state index in [0.717, 1.165) is 31.0 Å². The van der Waals surface area contributed by atoms with Crippen molar-refractivity contribution in [2.45, 2.75) is 37.9 Å². The van der Waals surface area contributed by atoms with Crippen molar-refractivity contribution < 1.29 is 84.6 Å². The highest BCUT2D eigenvalue weighted by molar-refractivity contribution is 6.31. The molecular formula is C50H59ClF4N8O14. The summed E-state index contributed by atoms with van der Waals surface area (Å²) in [7, 11) is 1.57. The molecule has 0 saturated carbocycles. The zero-order valence-corrected chi connectivity index (χ0v) is 42.8. The number of hydrogen-bond donors (Lipinski definition) is 4. The van der Waals surface area contributed by atoms with Crippen LogP contribution in [0, 0.1) is 5.82 Å². The predicted molar refractivity (Wildman–Crippen MR) is 268 cm³/mol. The molecule has 3 aliphatic rings. The smallest absolute Gasteiger partial charge is 0.490 e. The van der Waals surface area contributed by atoms with Crippen LogP contribution in [0.1, 0.15) is 46.4 Å². The van der Waals surface area contributed by atoms with Crippen LogP contribution in [-0.2, 0) is 42.9 Å². The van der Waals surface area contributed by atoms with Gasteiger partial charge in [0.1, 0.15) is 24.0 Å². The van der Waals surface area contributed by atoms with E-state index in [4.69, 9.17) is 54.7 Å². The molecule has 0 bridgehead atoms. The van der Waals surface area contributed by atoms with Gasteiger partial charge >= 0.3 is 12.1 Å². The second kappa shape index (κ2) is 29.6. The highest BCUT2D eigenvalue weighted by Crippen LogP contribution is 2.35. The van der Waals surface area contributed by atoms with Gasteiger partial charge in [0.05, 0.1) is 108 Å². The van der Waals surface area contributed by atoms with E-state index in [2.05, 4.69) is 30.8 Å². The highest BCUT2D eigenvalue weighted by Gasteiger charge is 2.44. The number of carbonyl (C=O) groups is 6. The minimum absolute atomic E-state index is 0.000729. The lowest BCUT2D eigenvalue weighted by Crippen LogP contribution is -2.54. The summed E-state index contributed by atoms with van der Waals surface area (Å²) >= 11 is 5.97. The third-order valence-electron chi connectivity index (χ3n) is 11.9. The van der Waals surface area contributed by atoms with E-state index < -0.39 is 47.6 Å². The molecule has 0 radical (unpaired) electrons. The van der Waals surface area contributed by atoms with E-state index in [0.29, 0.717) is 138 Å². The summed E-state index contributed by atoms with van der Waals surface area (Å²) in [4.78, 5) is 85.2. The SMILES string of the molecule is COc1cc2ncnc(Nc3ccc(F)c(Cl)c3)c2cc1OCCCN1CCN(C(=O)CCOCCOCCOCCOCCOCCNc2ccc3c(c2)C(=O)N(C2CCC(=O)NC2=O)C3=O)CC1.O=C(O)C(F)(F)F. The summed E-state index contributed by atoms with van der Waals surface area (Å²) in [6.07, 6.45) is -2.40. The number of aliphatic carboxylic acids is 1.